The summed E-state index contributed by atoms with van der Waals surface area (Å²) in [5.41, 5.74) is 4.22. The number of nitrogens with one attached hydrogen (secondary N) is 1. The van der Waals surface area contributed by atoms with Crippen LogP contribution in [0.1, 0.15) is 12.7 Å². The number of aromatic nitrogens is 5. The molecular formula is C26H28N8. The van der Waals surface area contributed by atoms with Gasteiger partial charge in [-0.2, -0.15) is 15.0 Å². The van der Waals surface area contributed by atoms with Crippen molar-refractivity contribution in [3.8, 4) is 22.4 Å². The first-order valence-electron chi connectivity index (χ1n) is 11.6. The van der Waals surface area contributed by atoms with Crippen molar-refractivity contribution < 1.29 is 0 Å². The quantitative estimate of drug-likeness (QED) is 0.469. The van der Waals surface area contributed by atoms with E-state index in [1.807, 2.05) is 31.2 Å². The fraction of sp³-hybridized carbons (Fsp3) is 0.269. The van der Waals surface area contributed by atoms with Gasteiger partial charge in [0.05, 0.1) is 5.69 Å². The van der Waals surface area contributed by atoms with Crippen LogP contribution in [0.2, 0.25) is 0 Å². The first-order valence-corrected chi connectivity index (χ1v) is 11.6. The number of anilines is 3. The molecular weight excluding hydrogens is 424 g/mol. The molecule has 2 aromatic carbocycles. The molecule has 0 aliphatic carbocycles. The largest absolute Gasteiger partial charge is 0.338 e. The second-order valence-electron chi connectivity index (χ2n) is 8.35. The van der Waals surface area contributed by atoms with Gasteiger partial charge in [0.25, 0.3) is 0 Å². The smallest absolute Gasteiger partial charge is 0.234 e. The highest BCUT2D eigenvalue weighted by atomic mass is 15.3. The van der Waals surface area contributed by atoms with Crippen LogP contribution in [-0.2, 0) is 6.42 Å². The zero-order chi connectivity index (χ0) is 23.3. The predicted molar refractivity (Wildman–Crippen MR) is 135 cm³/mol. The van der Waals surface area contributed by atoms with Gasteiger partial charge in [-0.25, -0.2) is 9.97 Å². The number of hydrogen-bond acceptors (Lipinski definition) is 8. The molecule has 2 aromatic heterocycles. The standard InChI is InChI=1S/C26H28N8/c1-3-23-29-25(32-26(30-23)34-17-15-33(2)16-18-34)31-24-27-14-13-22(28-24)21-11-9-20(10-12-21)19-7-5-4-6-8-19/h4-14H,3,15-18H2,1-2H3,(H,27,28,29,30,31,32). The molecule has 4 aromatic rings. The van der Waals surface area contributed by atoms with E-state index in [4.69, 9.17) is 4.98 Å². The Bertz CT molecular complexity index is 1240. The zero-order valence-electron chi connectivity index (χ0n) is 19.5. The highest BCUT2D eigenvalue weighted by Crippen LogP contribution is 2.24. The summed E-state index contributed by atoms with van der Waals surface area (Å²) in [6, 6.07) is 20.6. The Labute approximate surface area is 199 Å². The average molecular weight is 453 g/mol. The van der Waals surface area contributed by atoms with Crippen molar-refractivity contribution in [3.63, 3.8) is 0 Å². The van der Waals surface area contributed by atoms with E-state index < -0.39 is 0 Å². The summed E-state index contributed by atoms with van der Waals surface area (Å²) in [7, 11) is 2.13. The Kier molecular flexibility index (Phi) is 6.40. The van der Waals surface area contributed by atoms with Crippen LogP contribution in [0.25, 0.3) is 22.4 Å². The average Bonchev–Trinajstić information content (AvgIpc) is 2.89. The van der Waals surface area contributed by atoms with Gasteiger partial charge in [0.15, 0.2) is 0 Å². The van der Waals surface area contributed by atoms with E-state index in [0.29, 0.717) is 17.8 Å². The molecule has 34 heavy (non-hydrogen) atoms. The maximum atomic E-state index is 4.71. The van der Waals surface area contributed by atoms with E-state index >= 15 is 0 Å². The third kappa shape index (κ3) is 5.02. The molecule has 0 saturated carbocycles. The Morgan fingerprint density at radius 1 is 0.735 bits per heavy atom. The van der Waals surface area contributed by atoms with Gasteiger partial charge < -0.3 is 9.80 Å². The summed E-state index contributed by atoms with van der Waals surface area (Å²) in [5, 5.41) is 3.19. The van der Waals surface area contributed by atoms with Crippen LogP contribution in [0.3, 0.4) is 0 Å². The minimum absolute atomic E-state index is 0.460. The summed E-state index contributed by atoms with van der Waals surface area (Å²) < 4.78 is 0. The highest BCUT2D eigenvalue weighted by molar-refractivity contribution is 5.69. The molecule has 1 fully saturated rings. The Morgan fingerprint density at radius 2 is 1.44 bits per heavy atom. The van der Waals surface area contributed by atoms with Crippen molar-refractivity contribution in [2.75, 3.05) is 43.4 Å². The molecule has 0 bridgehead atoms. The zero-order valence-corrected chi connectivity index (χ0v) is 19.5. The van der Waals surface area contributed by atoms with Gasteiger partial charge in [-0.3, -0.25) is 5.32 Å². The lowest BCUT2D eigenvalue weighted by molar-refractivity contribution is 0.311. The predicted octanol–water partition coefficient (Wildman–Crippen LogP) is 4.05. The van der Waals surface area contributed by atoms with E-state index in [1.54, 1.807) is 6.20 Å². The number of aryl methyl sites for hydroxylation is 1. The van der Waals surface area contributed by atoms with Gasteiger partial charge >= 0.3 is 0 Å². The fourth-order valence-corrected chi connectivity index (χ4v) is 3.91. The number of benzene rings is 2. The van der Waals surface area contributed by atoms with Gasteiger partial charge in [0.2, 0.25) is 17.8 Å². The summed E-state index contributed by atoms with van der Waals surface area (Å²) in [6.07, 6.45) is 2.48. The summed E-state index contributed by atoms with van der Waals surface area (Å²) in [4.78, 5) is 27.5. The first kappa shape index (κ1) is 21.9. The highest BCUT2D eigenvalue weighted by Gasteiger charge is 2.18. The number of rotatable bonds is 6. The fourth-order valence-electron chi connectivity index (χ4n) is 3.91. The summed E-state index contributed by atoms with van der Waals surface area (Å²) >= 11 is 0. The van der Waals surface area contributed by atoms with Gasteiger partial charge in [-0.05, 0) is 24.2 Å². The number of piperazine rings is 1. The topological polar surface area (TPSA) is 83.0 Å². The third-order valence-corrected chi connectivity index (χ3v) is 5.94. The minimum Gasteiger partial charge on any atom is -0.338 e. The molecule has 0 amide bonds. The molecule has 0 spiro atoms. The van der Waals surface area contributed by atoms with E-state index in [0.717, 1.165) is 49.7 Å². The van der Waals surface area contributed by atoms with Crippen LogP contribution in [-0.4, -0.2) is 63.0 Å². The molecule has 172 valence electrons. The first-order chi connectivity index (χ1) is 16.7. The molecule has 1 saturated heterocycles. The second kappa shape index (κ2) is 9.93. The van der Waals surface area contributed by atoms with Crippen LogP contribution in [0.5, 0.6) is 0 Å². The van der Waals surface area contributed by atoms with Crippen LogP contribution in [0.4, 0.5) is 17.8 Å². The molecule has 8 heteroatoms. The second-order valence-corrected chi connectivity index (χ2v) is 8.35. The molecule has 0 atom stereocenters. The van der Waals surface area contributed by atoms with Gasteiger partial charge in [0.1, 0.15) is 5.82 Å². The third-order valence-electron chi connectivity index (χ3n) is 5.94. The van der Waals surface area contributed by atoms with Gasteiger partial charge in [0, 0.05) is 44.4 Å². The van der Waals surface area contributed by atoms with Gasteiger partial charge in [-0.1, -0.05) is 61.5 Å². The molecule has 1 aliphatic heterocycles. The van der Waals surface area contributed by atoms with Crippen molar-refractivity contribution in [1.82, 2.24) is 29.8 Å². The Morgan fingerprint density at radius 3 is 2.18 bits per heavy atom. The molecule has 3 heterocycles. The minimum atomic E-state index is 0.460. The molecule has 0 radical (unpaired) electrons. The number of nitrogens with zero attached hydrogens (tertiary/aromatic N) is 7. The summed E-state index contributed by atoms with van der Waals surface area (Å²) in [6.45, 7) is 5.82. The van der Waals surface area contributed by atoms with Crippen LogP contribution < -0.4 is 10.2 Å². The lowest BCUT2D eigenvalue weighted by Crippen LogP contribution is -2.45. The van der Waals surface area contributed by atoms with Crippen LogP contribution >= 0.6 is 0 Å². The number of likely N-dealkylation sites (N-methyl/N-ethyl adjacent to an activating group) is 1. The lowest BCUT2D eigenvalue weighted by atomic mass is 10.0. The van der Waals surface area contributed by atoms with Crippen molar-refractivity contribution >= 4 is 17.8 Å². The van der Waals surface area contributed by atoms with Gasteiger partial charge in [-0.15, -0.1) is 0 Å². The Balaban J connectivity index is 1.36. The summed E-state index contributed by atoms with van der Waals surface area (Å²) in [5.74, 6) is 2.38. The molecule has 8 nitrogen and oxygen atoms in total. The van der Waals surface area contributed by atoms with E-state index in [-0.39, 0.29) is 0 Å². The SMILES string of the molecule is CCc1nc(Nc2nccc(-c3ccc(-c4ccccc4)cc3)n2)nc(N2CCN(C)CC2)n1. The molecule has 0 unspecified atom stereocenters. The van der Waals surface area contributed by atoms with Crippen molar-refractivity contribution in [3.05, 3.63) is 72.7 Å². The monoisotopic (exact) mass is 452 g/mol. The maximum Gasteiger partial charge on any atom is 0.234 e. The van der Waals surface area contributed by atoms with E-state index in [9.17, 15) is 0 Å². The lowest BCUT2D eigenvalue weighted by Gasteiger charge is -2.32. The van der Waals surface area contributed by atoms with Crippen LogP contribution in [0, 0.1) is 0 Å². The van der Waals surface area contributed by atoms with E-state index in [1.165, 1.54) is 11.1 Å². The van der Waals surface area contributed by atoms with Crippen molar-refractivity contribution in [2.24, 2.45) is 0 Å². The number of hydrogen-bond donors (Lipinski definition) is 1. The van der Waals surface area contributed by atoms with E-state index in [2.05, 4.69) is 78.5 Å². The molecule has 1 aliphatic rings. The van der Waals surface area contributed by atoms with Crippen molar-refractivity contribution in [2.45, 2.75) is 13.3 Å². The maximum absolute atomic E-state index is 4.71. The molecule has 5 rings (SSSR count). The molecule has 1 N–H and O–H groups in total. The normalized spacial score (nSPS) is 14.2. The van der Waals surface area contributed by atoms with Crippen LogP contribution in [0.15, 0.2) is 66.9 Å². The van der Waals surface area contributed by atoms with Crippen molar-refractivity contribution in [1.29, 1.82) is 0 Å². The Hall–Kier alpha value is -3.91.